The average molecular weight is 496 g/mol. The van der Waals surface area contributed by atoms with E-state index in [-0.39, 0.29) is 24.9 Å². The molecule has 1 N–H and O–H groups in total. The summed E-state index contributed by atoms with van der Waals surface area (Å²) in [7, 11) is 1.56. The molecule has 9 heteroatoms. The number of ether oxygens (including phenoxy) is 1. The summed E-state index contributed by atoms with van der Waals surface area (Å²) in [5.74, 6) is 0.474. The third-order valence-electron chi connectivity index (χ3n) is 5.94. The number of anilines is 1. The van der Waals surface area contributed by atoms with E-state index in [1.807, 2.05) is 42.5 Å². The molecule has 5 aromatic rings. The quantitative estimate of drug-likeness (QED) is 0.330. The first-order chi connectivity index (χ1) is 18.1. The highest BCUT2D eigenvalue weighted by molar-refractivity contribution is 6.01. The lowest BCUT2D eigenvalue weighted by atomic mass is 10.0. The summed E-state index contributed by atoms with van der Waals surface area (Å²) < 4.78 is 12.3. The summed E-state index contributed by atoms with van der Waals surface area (Å²) >= 11 is 0. The van der Waals surface area contributed by atoms with Crippen LogP contribution in [0.1, 0.15) is 17.4 Å². The van der Waals surface area contributed by atoms with Crippen LogP contribution in [0.5, 0.6) is 5.75 Å². The molecule has 3 aromatic carbocycles. The van der Waals surface area contributed by atoms with Crippen molar-refractivity contribution in [1.29, 1.82) is 0 Å². The lowest BCUT2D eigenvalue weighted by Crippen LogP contribution is -2.45. The highest BCUT2D eigenvalue weighted by Gasteiger charge is 2.33. The Labute approximate surface area is 213 Å². The van der Waals surface area contributed by atoms with Gasteiger partial charge >= 0.3 is 0 Å². The standard InChI is InChI=1S/C28H25N5O4/c1-36-22-12-7-9-20(17-22)27(28(35)29-18-23-13-8-16-37-23)33(21-10-3-2-4-11-21)26(34)19-32-25-15-6-5-14-24(25)30-31-32/h2-17,27H,18-19H2,1H3,(H,29,35)/t27-/m0/s1. The minimum atomic E-state index is -0.991. The molecule has 0 unspecified atom stereocenters. The number of carbonyl (C=O) groups excluding carboxylic acids is 2. The Balaban J connectivity index is 1.55. The van der Waals surface area contributed by atoms with Gasteiger partial charge in [-0.2, -0.15) is 0 Å². The van der Waals surface area contributed by atoms with Gasteiger partial charge in [-0.1, -0.05) is 47.7 Å². The van der Waals surface area contributed by atoms with E-state index < -0.39 is 6.04 Å². The van der Waals surface area contributed by atoms with Gasteiger partial charge in [0.2, 0.25) is 11.8 Å². The molecule has 2 heterocycles. The molecule has 0 fully saturated rings. The summed E-state index contributed by atoms with van der Waals surface area (Å²) in [6, 6.07) is 26.2. The number of methoxy groups -OCH3 is 1. The zero-order valence-corrected chi connectivity index (χ0v) is 20.2. The van der Waals surface area contributed by atoms with Crippen molar-refractivity contribution in [3.63, 3.8) is 0 Å². The van der Waals surface area contributed by atoms with E-state index >= 15 is 0 Å². The maximum absolute atomic E-state index is 14.0. The van der Waals surface area contributed by atoms with Crippen LogP contribution in [-0.4, -0.2) is 33.9 Å². The summed E-state index contributed by atoms with van der Waals surface area (Å²) in [5.41, 5.74) is 2.57. The second kappa shape index (κ2) is 10.8. The van der Waals surface area contributed by atoms with Crippen LogP contribution in [0.4, 0.5) is 5.69 Å². The van der Waals surface area contributed by atoms with Crippen LogP contribution >= 0.6 is 0 Å². The molecule has 2 aromatic heterocycles. The van der Waals surface area contributed by atoms with Gasteiger partial charge in [-0.3, -0.25) is 14.5 Å². The second-order valence-electron chi connectivity index (χ2n) is 8.31. The van der Waals surface area contributed by atoms with E-state index in [9.17, 15) is 9.59 Å². The molecule has 0 bridgehead atoms. The van der Waals surface area contributed by atoms with Gasteiger partial charge in [-0.05, 0) is 54.1 Å². The maximum Gasteiger partial charge on any atom is 0.249 e. The summed E-state index contributed by atoms with van der Waals surface area (Å²) in [5, 5.41) is 11.2. The highest BCUT2D eigenvalue weighted by atomic mass is 16.5. The van der Waals surface area contributed by atoms with Crippen LogP contribution in [-0.2, 0) is 22.7 Å². The smallest absolute Gasteiger partial charge is 0.249 e. The van der Waals surface area contributed by atoms with Gasteiger partial charge in [0.25, 0.3) is 0 Å². The lowest BCUT2D eigenvalue weighted by molar-refractivity contribution is -0.127. The molecule has 2 amide bonds. The predicted octanol–water partition coefficient (Wildman–Crippen LogP) is 4.12. The molecule has 0 aliphatic carbocycles. The molecular formula is C28H25N5O4. The second-order valence-corrected chi connectivity index (χ2v) is 8.31. The van der Waals surface area contributed by atoms with E-state index in [0.717, 1.165) is 5.52 Å². The molecule has 9 nitrogen and oxygen atoms in total. The van der Waals surface area contributed by atoms with Crippen molar-refractivity contribution in [2.75, 3.05) is 12.0 Å². The van der Waals surface area contributed by atoms with Crippen molar-refractivity contribution in [3.8, 4) is 5.75 Å². The van der Waals surface area contributed by atoms with Crippen LogP contribution < -0.4 is 15.0 Å². The molecule has 0 saturated carbocycles. The SMILES string of the molecule is COc1cccc([C@@H](C(=O)NCc2ccco2)N(C(=O)Cn2nnc3ccccc32)c2ccccc2)c1. The normalized spacial score (nSPS) is 11.7. The van der Waals surface area contributed by atoms with Crippen molar-refractivity contribution < 1.29 is 18.7 Å². The minimum absolute atomic E-state index is 0.110. The zero-order valence-electron chi connectivity index (χ0n) is 20.2. The predicted molar refractivity (Wildman–Crippen MR) is 138 cm³/mol. The first kappa shape index (κ1) is 23.8. The molecule has 37 heavy (non-hydrogen) atoms. The molecule has 0 aliphatic heterocycles. The van der Waals surface area contributed by atoms with Crippen molar-refractivity contribution in [1.82, 2.24) is 20.3 Å². The largest absolute Gasteiger partial charge is 0.497 e. The first-order valence-corrected chi connectivity index (χ1v) is 11.7. The van der Waals surface area contributed by atoms with Gasteiger partial charge in [0.1, 0.15) is 29.6 Å². The Kier molecular flexibility index (Phi) is 6.93. The first-order valence-electron chi connectivity index (χ1n) is 11.7. The molecule has 186 valence electrons. The zero-order chi connectivity index (χ0) is 25.6. The number of hydrogen-bond donors (Lipinski definition) is 1. The molecular weight excluding hydrogens is 470 g/mol. The van der Waals surface area contributed by atoms with E-state index in [2.05, 4.69) is 15.6 Å². The van der Waals surface area contributed by atoms with E-state index in [1.165, 1.54) is 9.58 Å². The molecule has 1 atom stereocenters. The van der Waals surface area contributed by atoms with Crippen LogP contribution in [0.15, 0.2) is 102 Å². The fourth-order valence-electron chi connectivity index (χ4n) is 4.18. The lowest BCUT2D eigenvalue weighted by Gasteiger charge is -2.31. The fourth-order valence-corrected chi connectivity index (χ4v) is 4.18. The van der Waals surface area contributed by atoms with Gasteiger partial charge in [0.15, 0.2) is 0 Å². The van der Waals surface area contributed by atoms with Crippen LogP contribution in [0.25, 0.3) is 11.0 Å². The van der Waals surface area contributed by atoms with Crippen LogP contribution in [0, 0.1) is 0 Å². The molecule has 0 aliphatic rings. The number of rotatable bonds is 9. The summed E-state index contributed by atoms with van der Waals surface area (Å²) in [4.78, 5) is 29.2. The molecule has 0 saturated heterocycles. The Hall–Kier alpha value is -4.92. The Morgan fingerprint density at radius 1 is 1.00 bits per heavy atom. The Bertz CT molecular complexity index is 1500. The van der Waals surface area contributed by atoms with Crippen molar-refractivity contribution in [2.45, 2.75) is 19.1 Å². The fraction of sp³-hybridized carbons (Fsp3) is 0.143. The van der Waals surface area contributed by atoms with Gasteiger partial charge < -0.3 is 14.5 Å². The number of furan rings is 1. The maximum atomic E-state index is 14.0. The molecule has 5 rings (SSSR count). The number of amides is 2. The van der Waals surface area contributed by atoms with Gasteiger partial charge in [0, 0.05) is 5.69 Å². The number of nitrogens with zero attached hydrogens (tertiary/aromatic N) is 4. The number of carbonyl (C=O) groups is 2. The van der Waals surface area contributed by atoms with Gasteiger partial charge in [0.05, 0.1) is 25.4 Å². The summed E-state index contributed by atoms with van der Waals surface area (Å²) in [6.45, 7) is 0.0676. The Morgan fingerprint density at radius 3 is 2.59 bits per heavy atom. The number of fused-ring (bicyclic) bond motifs is 1. The number of benzene rings is 3. The number of para-hydroxylation sites is 2. The number of aromatic nitrogens is 3. The minimum Gasteiger partial charge on any atom is -0.497 e. The van der Waals surface area contributed by atoms with Crippen LogP contribution in [0.3, 0.4) is 0 Å². The van der Waals surface area contributed by atoms with Crippen LogP contribution in [0.2, 0.25) is 0 Å². The van der Waals surface area contributed by atoms with E-state index in [1.54, 1.807) is 61.9 Å². The molecule has 0 spiro atoms. The topological polar surface area (TPSA) is 102 Å². The average Bonchev–Trinajstić information content (AvgIpc) is 3.61. The van der Waals surface area contributed by atoms with Gasteiger partial charge in [-0.15, -0.1) is 5.10 Å². The third-order valence-corrected chi connectivity index (χ3v) is 5.94. The third kappa shape index (κ3) is 5.20. The van der Waals surface area contributed by atoms with Crippen molar-refractivity contribution in [3.05, 3.63) is 109 Å². The van der Waals surface area contributed by atoms with Crippen molar-refractivity contribution in [2.24, 2.45) is 0 Å². The number of hydrogen-bond acceptors (Lipinski definition) is 6. The molecule has 0 radical (unpaired) electrons. The van der Waals surface area contributed by atoms with Crippen molar-refractivity contribution >= 4 is 28.5 Å². The highest BCUT2D eigenvalue weighted by Crippen LogP contribution is 2.30. The Morgan fingerprint density at radius 2 is 1.81 bits per heavy atom. The summed E-state index contributed by atoms with van der Waals surface area (Å²) in [6.07, 6.45) is 1.54. The monoisotopic (exact) mass is 495 g/mol. The van der Waals surface area contributed by atoms with Gasteiger partial charge in [-0.25, -0.2) is 4.68 Å². The number of nitrogens with one attached hydrogen (secondary N) is 1. The van der Waals surface area contributed by atoms with E-state index in [4.69, 9.17) is 9.15 Å². The van der Waals surface area contributed by atoms with E-state index in [0.29, 0.717) is 28.3 Å².